The molecule has 35 heavy (non-hydrogen) atoms. The zero-order valence-electron chi connectivity index (χ0n) is 19.4. The van der Waals surface area contributed by atoms with Crippen molar-refractivity contribution in [3.8, 4) is 0 Å². The van der Waals surface area contributed by atoms with Crippen LogP contribution in [0.4, 0.5) is 8.78 Å². The van der Waals surface area contributed by atoms with Gasteiger partial charge in [-0.1, -0.05) is 11.2 Å². The van der Waals surface area contributed by atoms with E-state index < -0.39 is 11.6 Å². The van der Waals surface area contributed by atoms with Crippen molar-refractivity contribution in [3.63, 3.8) is 0 Å². The molecule has 3 aromatic rings. The van der Waals surface area contributed by atoms with E-state index in [1.165, 1.54) is 6.07 Å². The lowest BCUT2D eigenvalue weighted by Crippen LogP contribution is -2.42. The highest BCUT2D eigenvalue weighted by atomic mass is 19.2. The van der Waals surface area contributed by atoms with Crippen LogP contribution in [-0.2, 0) is 28.3 Å². The lowest BCUT2D eigenvalue weighted by Gasteiger charge is -2.39. The molecule has 0 radical (unpaired) electrons. The third-order valence-corrected chi connectivity index (χ3v) is 6.62. The zero-order valence-corrected chi connectivity index (χ0v) is 19.4. The Morgan fingerprint density at radius 2 is 2.03 bits per heavy atom. The van der Waals surface area contributed by atoms with Gasteiger partial charge in [-0.05, 0) is 55.2 Å². The van der Waals surface area contributed by atoms with Gasteiger partial charge in [0.2, 0.25) is 5.56 Å². The van der Waals surface area contributed by atoms with E-state index in [9.17, 15) is 13.6 Å². The van der Waals surface area contributed by atoms with Crippen LogP contribution in [-0.4, -0.2) is 40.3 Å². The number of halogens is 2. The molecule has 0 amide bonds. The number of piperidine rings is 1. The number of aromatic amines is 1. The zero-order chi connectivity index (χ0) is 24.4. The number of fused-ring (bicyclic) bond motifs is 2. The third kappa shape index (κ3) is 4.74. The number of nitrogens with zero attached hydrogens (tertiary/aromatic N) is 3. The van der Waals surface area contributed by atoms with Gasteiger partial charge < -0.3 is 14.6 Å². The number of H-pyrrole nitrogens is 1. The minimum absolute atomic E-state index is 0.0992. The molecule has 1 fully saturated rings. The molecule has 2 aliphatic heterocycles. The van der Waals surface area contributed by atoms with Crippen molar-refractivity contribution in [3.05, 3.63) is 98.7 Å². The predicted octanol–water partition coefficient (Wildman–Crippen LogP) is 3.86. The summed E-state index contributed by atoms with van der Waals surface area (Å²) in [6.07, 6.45) is 5.16. The number of nitrogens with one attached hydrogen (secondary N) is 1. The van der Waals surface area contributed by atoms with Crippen LogP contribution in [0.5, 0.6) is 0 Å². The molecule has 0 bridgehead atoms. The predicted molar refractivity (Wildman–Crippen MR) is 126 cm³/mol. The minimum atomic E-state index is -0.954. The number of likely N-dealkylation sites (tertiary alicyclic amines) is 1. The first-order valence-electron chi connectivity index (χ1n) is 11.7. The Hall–Kier alpha value is -3.43. The van der Waals surface area contributed by atoms with Gasteiger partial charge in [0, 0.05) is 49.2 Å². The number of hydrogen-bond acceptors (Lipinski definition) is 6. The van der Waals surface area contributed by atoms with E-state index in [4.69, 9.17) is 9.57 Å². The Kier molecular flexibility index (Phi) is 6.44. The molecule has 2 aliphatic rings. The standard InChI is InChI=1S/C26H26F2N4O3/c1-2-35-31-25(18-4-5-21(27)22(28)11-18)23-6-3-17(13-29-23)15-32-9-7-26(8-10-32)20-12-24(33)30-14-19(20)16-34-26/h3-6,11-14H,2,7-10,15-16H2,1H3,(H,30,33)/b31-25+. The SMILES string of the molecule is CCO/N=C(\c1ccc(F)c(F)c1)c1ccc(CN2CCC3(CC2)OCc2c[nH]c(=O)cc23)cn1. The van der Waals surface area contributed by atoms with Crippen LogP contribution in [0.1, 0.15) is 47.7 Å². The largest absolute Gasteiger partial charge is 0.396 e. The molecule has 1 N–H and O–H groups in total. The summed E-state index contributed by atoms with van der Waals surface area (Å²) in [5.74, 6) is -1.88. The summed E-state index contributed by atoms with van der Waals surface area (Å²) in [4.78, 5) is 26.6. The first kappa shape index (κ1) is 23.3. The first-order chi connectivity index (χ1) is 17.0. The fourth-order valence-electron chi connectivity index (χ4n) is 4.76. The number of pyridine rings is 2. The number of ether oxygens (including phenoxy) is 1. The van der Waals surface area contributed by atoms with Gasteiger partial charge >= 0.3 is 0 Å². The number of rotatable bonds is 6. The van der Waals surface area contributed by atoms with Gasteiger partial charge in [-0.25, -0.2) is 8.78 Å². The lowest BCUT2D eigenvalue weighted by atomic mass is 9.84. The highest BCUT2D eigenvalue weighted by molar-refractivity contribution is 6.11. The van der Waals surface area contributed by atoms with Crippen LogP contribution < -0.4 is 5.56 Å². The molecule has 0 unspecified atom stereocenters. The van der Waals surface area contributed by atoms with Crippen molar-refractivity contribution in [2.45, 2.75) is 38.5 Å². The van der Waals surface area contributed by atoms with Gasteiger partial charge in [-0.2, -0.15) is 0 Å². The van der Waals surface area contributed by atoms with E-state index >= 15 is 0 Å². The van der Waals surface area contributed by atoms with E-state index in [1.54, 1.807) is 25.4 Å². The number of oxime groups is 1. The van der Waals surface area contributed by atoms with Gasteiger partial charge in [-0.3, -0.25) is 14.7 Å². The molecule has 5 rings (SSSR count). The second-order valence-corrected chi connectivity index (χ2v) is 8.83. The second kappa shape index (κ2) is 9.67. The molecule has 0 atom stereocenters. The quantitative estimate of drug-likeness (QED) is 0.428. The van der Waals surface area contributed by atoms with Crippen molar-refractivity contribution in [2.75, 3.05) is 19.7 Å². The summed E-state index contributed by atoms with van der Waals surface area (Å²) in [6.45, 7) is 5.04. The van der Waals surface area contributed by atoms with Gasteiger partial charge in [0.25, 0.3) is 0 Å². The van der Waals surface area contributed by atoms with Crippen LogP contribution in [0.15, 0.2) is 58.7 Å². The Morgan fingerprint density at radius 3 is 2.74 bits per heavy atom. The maximum atomic E-state index is 13.8. The smallest absolute Gasteiger partial charge is 0.248 e. The average molecular weight is 481 g/mol. The van der Waals surface area contributed by atoms with E-state index in [-0.39, 0.29) is 11.2 Å². The van der Waals surface area contributed by atoms with Crippen molar-refractivity contribution < 1.29 is 18.4 Å². The first-order valence-corrected chi connectivity index (χ1v) is 11.7. The normalized spacial score (nSPS) is 17.5. The molecule has 1 spiro atoms. The molecule has 1 aromatic carbocycles. The molecule has 1 saturated heterocycles. The van der Waals surface area contributed by atoms with Crippen molar-refractivity contribution in [1.82, 2.24) is 14.9 Å². The van der Waals surface area contributed by atoms with Crippen LogP contribution in [0.3, 0.4) is 0 Å². The van der Waals surface area contributed by atoms with Crippen LogP contribution >= 0.6 is 0 Å². The van der Waals surface area contributed by atoms with E-state index in [1.807, 2.05) is 12.1 Å². The van der Waals surface area contributed by atoms with Crippen LogP contribution in [0, 0.1) is 11.6 Å². The van der Waals surface area contributed by atoms with Gasteiger partial charge in [0.1, 0.15) is 12.3 Å². The monoisotopic (exact) mass is 480 g/mol. The maximum Gasteiger partial charge on any atom is 0.248 e. The summed E-state index contributed by atoms with van der Waals surface area (Å²) >= 11 is 0. The van der Waals surface area contributed by atoms with Crippen molar-refractivity contribution in [1.29, 1.82) is 0 Å². The number of hydrogen-bond donors (Lipinski definition) is 1. The maximum absolute atomic E-state index is 13.8. The summed E-state index contributed by atoms with van der Waals surface area (Å²) in [6, 6.07) is 9.04. The summed E-state index contributed by atoms with van der Waals surface area (Å²) in [5, 5.41) is 4.08. The number of aromatic nitrogens is 2. The van der Waals surface area contributed by atoms with Gasteiger partial charge in [-0.15, -0.1) is 0 Å². The van der Waals surface area contributed by atoms with Gasteiger partial charge in [0.05, 0.1) is 17.9 Å². The summed E-state index contributed by atoms with van der Waals surface area (Å²) in [7, 11) is 0. The molecule has 0 saturated carbocycles. The number of benzene rings is 1. The minimum Gasteiger partial charge on any atom is -0.396 e. The van der Waals surface area contributed by atoms with Crippen LogP contribution in [0.2, 0.25) is 0 Å². The van der Waals surface area contributed by atoms with Crippen LogP contribution in [0.25, 0.3) is 0 Å². The summed E-state index contributed by atoms with van der Waals surface area (Å²) < 4.78 is 33.3. The molecular formula is C26H26F2N4O3. The molecule has 7 nitrogen and oxygen atoms in total. The molecule has 9 heteroatoms. The Labute approximate surface area is 201 Å². The van der Waals surface area contributed by atoms with Gasteiger partial charge in [0.15, 0.2) is 11.6 Å². The molecule has 182 valence electrons. The molecule has 0 aliphatic carbocycles. The summed E-state index contributed by atoms with van der Waals surface area (Å²) in [5.41, 5.74) is 3.85. The molecule has 4 heterocycles. The van der Waals surface area contributed by atoms with Crippen molar-refractivity contribution in [2.24, 2.45) is 5.16 Å². The fraction of sp³-hybridized carbons (Fsp3) is 0.346. The second-order valence-electron chi connectivity index (χ2n) is 8.83. The van der Waals surface area contributed by atoms with E-state index in [0.29, 0.717) is 36.7 Å². The Balaban J connectivity index is 1.27. The van der Waals surface area contributed by atoms with Crippen molar-refractivity contribution >= 4 is 5.71 Å². The highest BCUT2D eigenvalue weighted by Crippen LogP contribution is 2.43. The van der Waals surface area contributed by atoms with E-state index in [2.05, 4.69) is 20.0 Å². The fourth-order valence-corrected chi connectivity index (χ4v) is 4.76. The Morgan fingerprint density at radius 1 is 1.20 bits per heavy atom. The molecular weight excluding hydrogens is 454 g/mol. The molecule has 2 aromatic heterocycles. The lowest BCUT2D eigenvalue weighted by molar-refractivity contribution is -0.0799. The topological polar surface area (TPSA) is 79.8 Å². The average Bonchev–Trinajstić information content (AvgIpc) is 3.21. The third-order valence-electron chi connectivity index (χ3n) is 6.62. The highest BCUT2D eigenvalue weighted by Gasteiger charge is 2.42. The van der Waals surface area contributed by atoms with E-state index in [0.717, 1.165) is 54.8 Å². The Bertz CT molecular complexity index is 1300.